The Balaban J connectivity index is 1.63. The topological polar surface area (TPSA) is 56.3 Å². The van der Waals surface area contributed by atoms with Gasteiger partial charge in [0.2, 0.25) is 5.78 Å². The van der Waals surface area contributed by atoms with Crippen molar-refractivity contribution >= 4 is 34.3 Å². The minimum Gasteiger partial charge on any atom is -0.454 e. The number of ether oxygens (including phenoxy) is 1. The van der Waals surface area contributed by atoms with E-state index in [4.69, 9.17) is 16.3 Å². The third kappa shape index (κ3) is 2.97. The van der Waals surface area contributed by atoms with Crippen LogP contribution < -0.4 is 0 Å². The standard InChI is InChI=1S/C21H16ClNO3/c22-16-9-3-1-6-13(16)19(24)12-26-21(25)20-14-7-2-4-10-17(14)23-18-11-5-8-15(18)20/h1-4,6-7,9-10H,5,8,11-12H2. The van der Waals surface area contributed by atoms with Crippen molar-refractivity contribution in [1.82, 2.24) is 4.98 Å². The molecule has 0 saturated carbocycles. The first-order valence-corrected chi connectivity index (χ1v) is 8.88. The molecule has 26 heavy (non-hydrogen) atoms. The molecule has 0 saturated heterocycles. The Kier molecular flexibility index (Phi) is 4.43. The zero-order chi connectivity index (χ0) is 18.1. The summed E-state index contributed by atoms with van der Waals surface area (Å²) in [5.74, 6) is -0.805. The highest BCUT2D eigenvalue weighted by molar-refractivity contribution is 6.34. The van der Waals surface area contributed by atoms with Gasteiger partial charge in [0.1, 0.15) is 0 Å². The van der Waals surface area contributed by atoms with Gasteiger partial charge in [-0.3, -0.25) is 9.78 Å². The van der Waals surface area contributed by atoms with Gasteiger partial charge in [-0.2, -0.15) is 0 Å². The van der Waals surface area contributed by atoms with Crippen LogP contribution in [0, 0.1) is 0 Å². The number of carbonyl (C=O) groups is 2. The van der Waals surface area contributed by atoms with Gasteiger partial charge < -0.3 is 4.74 Å². The molecule has 5 heteroatoms. The molecule has 2 aromatic carbocycles. The number of esters is 1. The Morgan fingerprint density at radius 1 is 1.04 bits per heavy atom. The lowest BCUT2D eigenvalue weighted by molar-refractivity contribution is 0.0475. The number of fused-ring (bicyclic) bond motifs is 2. The fourth-order valence-corrected chi connectivity index (χ4v) is 3.65. The van der Waals surface area contributed by atoms with Gasteiger partial charge in [0.15, 0.2) is 6.61 Å². The highest BCUT2D eigenvalue weighted by Gasteiger charge is 2.25. The molecule has 0 amide bonds. The lowest BCUT2D eigenvalue weighted by Gasteiger charge is -2.12. The molecule has 0 radical (unpaired) electrons. The number of rotatable bonds is 4. The Labute approximate surface area is 155 Å². The number of hydrogen-bond donors (Lipinski definition) is 0. The van der Waals surface area contributed by atoms with E-state index in [1.165, 1.54) is 0 Å². The van der Waals surface area contributed by atoms with E-state index < -0.39 is 5.97 Å². The van der Waals surface area contributed by atoms with Gasteiger partial charge in [-0.15, -0.1) is 0 Å². The van der Waals surface area contributed by atoms with Crippen LogP contribution in [-0.4, -0.2) is 23.3 Å². The molecule has 0 N–H and O–H groups in total. The molecule has 1 aliphatic carbocycles. The van der Waals surface area contributed by atoms with E-state index in [2.05, 4.69) is 4.98 Å². The summed E-state index contributed by atoms with van der Waals surface area (Å²) in [4.78, 5) is 29.8. The Hall–Kier alpha value is -2.72. The van der Waals surface area contributed by atoms with Gasteiger partial charge in [-0.1, -0.05) is 41.9 Å². The average molecular weight is 366 g/mol. The van der Waals surface area contributed by atoms with Crippen molar-refractivity contribution in [3.05, 3.63) is 75.9 Å². The van der Waals surface area contributed by atoms with Gasteiger partial charge in [-0.25, -0.2) is 4.79 Å². The van der Waals surface area contributed by atoms with E-state index in [9.17, 15) is 9.59 Å². The van der Waals surface area contributed by atoms with E-state index in [1.807, 2.05) is 24.3 Å². The smallest absolute Gasteiger partial charge is 0.339 e. The van der Waals surface area contributed by atoms with E-state index in [1.54, 1.807) is 24.3 Å². The van der Waals surface area contributed by atoms with E-state index in [-0.39, 0.29) is 12.4 Å². The number of halogens is 1. The summed E-state index contributed by atoms with van der Waals surface area (Å²) in [5, 5.41) is 1.12. The highest BCUT2D eigenvalue weighted by atomic mass is 35.5. The Bertz CT molecular complexity index is 1030. The average Bonchev–Trinajstić information content (AvgIpc) is 3.12. The molecular weight excluding hydrogens is 350 g/mol. The van der Waals surface area contributed by atoms with Gasteiger partial charge in [-0.05, 0) is 43.0 Å². The zero-order valence-corrected chi connectivity index (χ0v) is 14.8. The fourth-order valence-electron chi connectivity index (χ4n) is 3.41. The molecule has 3 aromatic rings. The summed E-state index contributed by atoms with van der Waals surface area (Å²) in [6, 6.07) is 14.3. The molecule has 1 heterocycles. The van der Waals surface area contributed by atoms with Crippen LogP contribution in [0.5, 0.6) is 0 Å². The predicted molar refractivity (Wildman–Crippen MR) is 99.8 cm³/mol. The number of aryl methyl sites for hydroxylation is 1. The maximum atomic E-state index is 12.8. The molecule has 0 atom stereocenters. The van der Waals surface area contributed by atoms with Crippen molar-refractivity contribution in [3.63, 3.8) is 0 Å². The second-order valence-corrected chi connectivity index (χ2v) is 6.67. The highest BCUT2D eigenvalue weighted by Crippen LogP contribution is 2.30. The largest absolute Gasteiger partial charge is 0.454 e. The maximum Gasteiger partial charge on any atom is 0.339 e. The van der Waals surface area contributed by atoms with Gasteiger partial charge >= 0.3 is 5.97 Å². The number of para-hydroxylation sites is 1. The summed E-state index contributed by atoms with van der Waals surface area (Å²) in [5.41, 5.74) is 3.56. The first kappa shape index (κ1) is 16.7. The lowest BCUT2D eigenvalue weighted by atomic mass is 10.0. The fraction of sp³-hybridized carbons (Fsp3) is 0.190. The minimum atomic E-state index is -0.484. The number of aromatic nitrogens is 1. The predicted octanol–water partition coefficient (Wildman–Crippen LogP) is 4.42. The first-order valence-electron chi connectivity index (χ1n) is 8.50. The third-order valence-electron chi connectivity index (χ3n) is 4.63. The number of pyridine rings is 1. The number of benzene rings is 2. The van der Waals surface area contributed by atoms with E-state index in [0.29, 0.717) is 16.1 Å². The Morgan fingerprint density at radius 2 is 1.81 bits per heavy atom. The van der Waals surface area contributed by atoms with Crippen molar-refractivity contribution < 1.29 is 14.3 Å². The lowest BCUT2D eigenvalue weighted by Crippen LogP contribution is -2.16. The molecular formula is C21H16ClNO3. The van der Waals surface area contributed by atoms with Gasteiger partial charge in [0.25, 0.3) is 0 Å². The number of Topliss-reactive ketones (excluding diaryl/α,β-unsaturated/α-hetero) is 1. The molecule has 0 bridgehead atoms. The summed E-state index contributed by atoms with van der Waals surface area (Å²) >= 11 is 6.04. The van der Waals surface area contributed by atoms with Crippen LogP contribution in [0.4, 0.5) is 0 Å². The van der Waals surface area contributed by atoms with Crippen molar-refractivity contribution in [2.24, 2.45) is 0 Å². The molecule has 1 aliphatic rings. The van der Waals surface area contributed by atoms with Crippen LogP contribution in [0.3, 0.4) is 0 Å². The SMILES string of the molecule is O=C(COC(=O)c1c2c(nc3ccccc13)CCC2)c1ccccc1Cl. The second kappa shape index (κ2) is 6.89. The summed E-state index contributed by atoms with van der Waals surface area (Å²) < 4.78 is 5.36. The van der Waals surface area contributed by atoms with E-state index in [0.717, 1.165) is 41.4 Å². The second-order valence-electron chi connectivity index (χ2n) is 6.26. The van der Waals surface area contributed by atoms with Crippen molar-refractivity contribution in [2.45, 2.75) is 19.3 Å². The van der Waals surface area contributed by atoms with Crippen LogP contribution in [-0.2, 0) is 17.6 Å². The van der Waals surface area contributed by atoms with Crippen molar-refractivity contribution in [1.29, 1.82) is 0 Å². The number of carbonyl (C=O) groups excluding carboxylic acids is 2. The van der Waals surface area contributed by atoms with Crippen molar-refractivity contribution in [2.75, 3.05) is 6.61 Å². The molecule has 0 spiro atoms. The molecule has 4 nitrogen and oxygen atoms in total. The summed E-state index contributed by atoms with van der Waals surface area (Å²) in [6.45, 7) is -0.339. The normalized spacial score (nSPS) is 12.8. The first-order chi connectivity index (χ1) is 12.6. The number of ketones is 1. The van der Waals surface area contributed by atoms with Crippen LogP contribution in [0.25, 0.3) is 10.9 Å². The quantitative estimate of drug-likeness (QED) is 0.507. The molecule has 130 valence electrons. The van der Waals surface area contributed by atoms with Crippen molar-refractivity contribution in [3.8, 4) is 0 Å². The molecule has 4 rings (SSSR count). The van der Waals surface area contributed by atoms with Crippen LogP contribution in [0.15, 0.2) is 48.5 Å². The van der Waals surface area contributed by atoms with Crippen LogP contribution in [0.2, 0.25) is 5.02 Å². The zero-order valence-electron chi connectivity index (χ0n) is 14.0. The monoisotopic (exact) mass is 365 g/mol. The molecule has 0 aliphatic heterocycles. The summed E-state index contributed by atoms with van der Waals surface area (Å²) in [6.07, 6.45) is 2.63. The van der Waals surface area contributed by atoms with Gasteiger partial charge in [0.05, 0.1) is 16.1 Å². The molecule has 0 unspecified atom stereocenters. The van der Waals surface area contributed by atoms with E-state index >= 15 is 0 Å². The Morgan fingerprint density at radius 3 is 2.65 bits per heavy atom. The molecule has 0 fully saturated rings. The summed E-state index contributed by atoms with van der Waals surface area (Å²) in [7, 11) is 0. The number of nitrogens with zero attached hydrogens (tertiary/aromatic N) is 1. The van der Waals surface area contributed by atoms with Crippen LogP contribution in [0.1, 0.15) is 38.4 Å². The molecule has 1 aromatic heterocycles. The van der Waals surface area contributed by atoms with Crippen LogP contribution >= 0.6 is 11.6 Å². The van der Waals surface area contributed by atoms with Gasteiger partial charge in [0, 0.05) is 16.6 Å². The number of hydrogen-bond acceptors (Lipinski definition) is 4. The minimum absolute atomic E-state index is 0.320. The maximum absolute atomic E-state index is 12.8. The third-order valence-corrected chi connectivity index (χ3v) is 4.96.